The van der Waals surface area contributed by atoms with Gasteiger partial charge in [-0.05, 0) is 46.6 Å². The summed E-state index contributed by atoms with van der Waals surface area (Å²) in [7, 11) is 0. The summed E-state index contributed by atoms with van der Waals surface area (Å²) in [5.41, 5.74) is 7.76. The summed E-state index contributed by atoms with van der Waals surface area (Å²) >= 11 is 6.64. The maximum Gasteiger partial charge on any atom is 0.259 e. The minimum absolute atomic E-state index is 0.202. The van der Waals surface area contributed by atoms with E-state index in [9.17, 15) is 4.79 Å². The number of aryl methyl sites for hydroxylation is 1. The van der Waals surface area contributed by atoms with Crippen LogP contribution in [0.25, 0.3) is 0 Å². The van der Waals surface area contributed by atoms with Crippen LogP contribution in [0.15, 0.2) is 39.4 Å². The minimum Gasteiger partial charge on any atom is -0.383 e. The second-order valence-corrected chi connectivity index (χ2v) is 5.83. The molecule has 0 aliphatic carbocycles. The molecule has 0 saturated carbocycles. The van der Waals surface area contributed by atoms with Gasteiger partial charge >= 0.3 is 0 Å². The third-order valence-corrected chi connectivity index (χ3v) is 3.50. The molecule has 3 N–H and O–H groups in total. The number of nitrogens with two attached hydrogens (primary N) is 1. The van der Waals surface area contributed by atoms with Gasteiger partial charge in [-0.1, -0.05) is 22.0 Å². The standard InChI is InChI=1S/C13H11Br2N3O/c1-7-2-3-8(14)5-11(7)18-13(19)10-4-9(15)6-17-12(10)16/h2-6H,1H3,(H2,16,17)(H,18,19). The highest BCUT2D eigenvalue weighted by Gasteiger charge is 2.12. The van der Waals surface area contributed by atoms with Crippen LogP contribution in [0.2, 0.25) is 0 Å². The lowest BCUT2D eigenvalue weighted by Crippen LogP contribution is -2.15. The van der Waals surface area contributed by atoms with Crippen LogP contribution in [0, 0.1) is 6.92 Å². The molecule has 1 amide bonds. The first-order chi connectivity index (χ1) is 8.97. The zero-order valence-corrected chi connectivity index (χ0v) is 13.2. The monoisotopic (exact) mass is 383 g/mol. The quantitative estimate of drug-likeness (QED) is 0.828. The van der Waals surface area contributed by atoms with E-state index >= 15 is 0 Å². The number of amides is 1. The Balaban J connectivity index is 2.30. The van der Waals surface area contributed by atoms with E-state index < -0.39 is 0 Å². The number of nitrogens with one attached hydrogen (secondary N) is 1. The topological polar surface area (TPSA) is 68.0 Å². The number of halogens is 2. The number of hydrogen-bond donors (Lipinski definition) is 2. The number of benzene rings is 1. The van der Waals surface area contributed by atoms with E-state index in [4.69, 9.17) is 5.73 Å². The number of pyridine rings is 1. The molecule has 0 aliphatic heterocycles. The molecule has 0 aliphatic rings. The molecule has 0 bridgehead atoms. The Morgan fingerprint density at radius 3 is 2.74 bits per heavy atom. The maximum absolute atomic E-state index is 12.2. The van der Waals surface area contributed by atoms with Crippen molar-refractivity contribution in [1.29, 1.82) is 0 Å². The second kappa shape index (κ2) is 5.71. The predicted molar refractivity (Wildman–Crippen MR) is 83.2 cm³/mol. The van der Waals surface area contributed by atoms with E-state index in [0.29, 0.717) is 10.0 Å². The highest BCUT2D eigenvalue weighted by Crippen LogP contribution is 2.22. The van der Waals surface area contributed by atoms with Gasteiger partial charge in [0.15, 0.2) is 0 Å². The number of nitrogen functional groups attached to an aromatic ring is 1. The molecule has 0 fully saturated rings. The van der Waals surface area contributed by atoms with Crippen LogP contribution in [0.4, 0.5) is 11.5 Å². The normalized spacial score (nSPS) is 10.3. The Labute approximate surface area is 127 Å². The molecule has 1 aromatic carbocycles. The molecule has 0 saturated heterocycles. The van der Waals surface area contributed by atoms with Crippen molar-refractivity contribution < 1.29 is 4.79 Å². The Morgan fingerprint density at radius 1 is 1.26 bits per heavy atom. The second-order valence-electron chi connectivity index (χ2n) is 4.00. The molecule has 19 heavy (non-hydrogen) atoms. The Kier molecular flexibility index (Phi) is 4.21. The Hall–Kier alpha value is -1.40. The molecular formula is C13H11Br2N3O. The van der Waals surface area contributed by atoms with Crippen LogP contribution in [0.3, 0.4) is 0 Å². The third-order valence-electron chi connectivity index (χ3n) is 2.58. The summed E-state index contributed by atoms with van der Waals surface area (Å²) < 4.78 is 1.60. The highest BCUT2D eigenvalue weighted by atomic mass is 79.9. The summed E-state index contributed by atoms with van der Waals surface area (Å²) in [6.45, 7) is 1.92. The number of hydrogen-bond acceptors (Lipinski definition) is 3. The molecule has 0 spiro atoms. The third kappa shape index (κ3) is 3.33. The molecule has 1 heterocycles. The van der Waals surface area contributed by atoms with Crippen LogP contribution < -0.4 is 11.1 Å². The molecule has 4 nitrogen and oxygen atoms in total. The van der Waals surface area contributed by atoms with Crippen molar-refractivity contribution in [2.45, 2.75) is 6.92 Å². The first-order valence-corrected chi connectivity index (χ1v) is 7.04. The van der Waals surface area contributed by atoms with Gasteiger partial charge in [0.25, 0.3) is 5.91 Å². The van der Waals surface area contributed by atoms with Crippen molar-refractivity contribution >= 4 is 49.3 Å². The zero-order valence-electron chi connectivity index (χ0n) is 10.1. The lowest BCUT2D eigenvalue weighted by molar-refractivity contribution is 0.102. The molecule has 6 heteroatoms. The van der Waals surface area contributed by atoms with Gasteiger partial charge < -0.3 is 11.1 Å². The highest BCUT2D eigenvalue weighted by molar-refractivity contribution is 9.10. The van der Waals surface area contributed by atoms with E-state index in [1.54, 1.807) is 12.3 Å². The SMILES string of the molecule is Cc1ccc(Br)cc1NC(=O)c1cc(Br)cnc1N. The van der Waals surface area contributed by atoms with Crippen LogP contribution in [0.5, 0.6) is 0 Å². The van der Waals surface area contributed by atoms with E-state index in [1.807, 2.05) is 25.1 Å². The molecule has 0 unspecified atom stereocenters. The average Bonchev–Trinajstić information content (AvgIpc) is 2.36. The van der Waals surface area contributed by atoms with Crippen LogP contribution >= 0.6 is 31.9 Å². The maximum atomic E-state index is 12.2. The van der Waals surface area contributed by atoms with Gasteiger partial charge in [-0.3, -0.25) is 4.79 Å². The van der Waals surface area contributed by atoms with E-state index in [0.717, 1.165) is 15.7 Å². The van der Waals surface area contributed by atoms with Crippen molar-refractivity contribution in [3.8, 4) is 0 Å². The molecule has 0 radical (unpaired) electrons. The lowest BCUT2D eigenvalue weighted by Gasteiger charge is -2.10. The minimum atomic E-state index is -0.285. The summed E-state index contributed by atoms with van der Waals surface area (Å²) in [5.74, 6) is -0.0825. The molecule has 2 rings (SSSR count). The summed E-state index contributed by atoms with van der Waals surface area (Å²) in [6.07, 6.45) is 1.55. The van der Waals surface area contributed by atoms with Crippen LogP contribution in [0.1, 0.15) is 15.9 Å². The smallest absolute Gasteiger partial charge is 0.259 e. The molecular weight excluding hydrogens is 374 g/mol. The lowest BCUT2D eigenvalue weighted by atomic mass is 10.2. The number of nitrogens with zero attached hydrogens (tertiary/aromatic N) is 1. The number of carbonyl (C=O) groups is 1. The van der Waals surface area contributed by atoms with Gasteiger partial charge in [0.2, 0.25) is 0 Å². The van der Waals surface area contributed by atoms with Crippen molar-refractivity contribution in [3.63, 3.8) is 0 Å². The zero-order chi connectivity index (χ0) is 14.0. The van der Waals surface area contributed by atoms with Gasteiger partial charge in [0, 0.05) is 20.8 Å². The van der Waals surface area contributed by atoms with Gasteiger partial charge in [-0.25, -0.2) is 4.98 Å². The summed E-state index contributed by atoms with van der Waals surface area (Å²) in [5, 5.41) is 2.83. The first kappa shape index (κ1) is 14.0. The molecule has 98 valence electrons. The fourth-order valence-electron chi connectivity index (χ4n) is 1.55. The Bertz CT molecular complexity index is 644. The van der Waals surface area contributed by atoms with Crippen LogP contribution in [-0.4, -0.2) is 10.9 Å². The molecule has 0 atom stereocenters. The van der Waals surface area contributed by atoms with E-state index in [2.05, 4.69) is 42.2 Å². The predicted octanol–water partition coefficient (Wildman–Crippen LogP) is 3.75. The molecule has 2 aromatic rings. The van der Waals surface area contributed by atoms with Crippen LogP contribution in [-0.2, 0) is 0 Å². The number of rotatable bonds is 2. The number of aromatic nitrogens is 1. The van der Waals surface area contributed by atoms with Gasteiger partial charge in [-0.15, -0.1) is 0 Å². The van der Waals surface area contributed by atoms with E-state index in [-0.39, 0.29) is 11.7 Å². The summed E-state index contributed by atoms with van der Waals surface area (Å²) in [6, 6.07) is 7.32. The van der Waals surface area contributed by atoms with Crippen molar-refractivity contribution in [3.05, 3.63) is 50.5 Å². The van der Waals surface area contributed by atoms with Gasteiger partial charge in [-0.2, -0.15) is 0 Å². The average molecular weight is 385 g/mol. The van der Waals surface area contributed by atoms with Gasteiger partial charge in [0.1, 0.15) is 5.82 Å². The fraction of sp³-hybridized carbons (Fsp3) is 0.0769. The Morgan fingerprint density at radius 2 is 2.00 bits per heavy atom. The van der Waals surface area contributed by atoms with E-state index in [1.165, 1.54) is 0 Å². The number of anilines is 2. The first-order valence-electron chi connectivity index (χ1n) is 5.46. The van der Waals surface area contributed by atoms with Crippen molar-refractivity contribution in [2.24, 2.45) is 0 Å². The molecule has 1 aromatic heterocycles. The van der Waals surface area contributed by atoms with Gasteiger partial charge in [0.05, 0.1) is 5.56 Å². The van der Waals surface area contributed by atoms with Crippen molar-refractivity contribution in [2.75, 3.05) is 11.1 Å². The largest absolute Gasteiger partial charge is 0.383 e. The summed E-state index contributed by atoms with van der Waals surface area (Å²) in [4.78, 5) is 16.1. The fourth-order valence-corrected chi connectivity index (χ4v) is 2.24. The number of carbonyl (C=O) groups excluding carboxylic acids is 1. The van der Waals surface area contributed by atoms with Crippen molar-refractivity contribution in [1.82, 2.24) is 4.98 Å².